The number of piperidine rings is 1. The molecule has 0 saturated carbocycles. The van der Waals surface area contributed by atoms with Crippen molar-refractivity contribution < 1.29 is 9.26 Å². The second-order valence-electron chi connectivity index (χ2n) is 5.08. The summed E-state index contributed by atoms with van der Waals surface area (Å²) in [5, 5.41) is 7.57. The molecule has 1 saturated heterocycles. The third kappa shape index (κ3) is 4.28. The van der Waals surface area contributed by atoms with Gasteiger partial charge in [-0.15, -0.1) is 0 Å². The zero-order valence-corrected chi connectivity index (χ0v) is 12.0. The van der Waals surface area contributed by atoms with Crippen LogP contribution in [0.2, 0.25) is 0 Å². The first kappa shape index (κ1) is 14.5. The largest absolute Gasteiger partial charge is 0.370 e. The average Bonchev–Trinajstić information content (AvgIpc) is 2.92. The third-order valence-electron chi connectivity index (χ3n) is 3.63. The van der Waals surface area contributed by atoms with Crippen molar-refractivity contribution in [2.45, 2.75) is 64.5 Å². The Bertz CT molecular complexity index is 361. The van der Waals surface area contributed by atoms with Crippen molar-refractivity contribution >= 4 is 0 Å². The first-order valence-electron chi connectivity index (χ1n) is 7.51. The maximum absolute atomic E-state index is 5.59. The quantitative estimate of drug-likeness (QED) is 0.823. The standard InChI is InChI=1S/C14H25N3O2/c1-3-12(18-4-2)14-16-13(19-17-14)9-8-11-7-5-6-10-15-11/h11-12,15H,3-10H2,1-2H3. The molecule has 1 aromatic rings. The molecule has 2 rings (SSSR count). The Morgan fingerprint density at radius 2 is 2.32 bits per heavy atom. The summed E-state index contributed by atoms with van der Waals surface area (Å²) in [5.74, 6) is 1.43. The Morgan fingerprint density at radius 3 is 3.00 bits per heavy atom. The zero-order valence-electron chi connectivity index (χ0n) is 12.0. The fraction of sp³-hybridized carbons (Fsp3) is 0.857. The molecule has 2 heterocycles. The van der Waals surface area contributed by atoms with Crippen LogP contribution in [0.5, 0.6) is 0 Å². The van der Waals surface area contributed by atoms with Crippen LogP contribution in [-0.4, -0.2) is 29.3 Å². The molecular formula is C14H25N3O2. The minimum absolute atomic E-state index is 0.0321. The minimum Gasteiger partial charge on any atom is -0.370 e. The van der Waals surface area contributed by atoms with E-state index >= 15 is 0 Å². The van der Waals surface area contributed by atoms with Crippen LogP contribution < -0.4 is 5.32 Å². The van der Waals surface area contributed by atoms with E-state index in [1.165, 1.54) is 19.3 Å². The highest BCUT2D eigenvalue weighted by atomic mass is 16.5. The van der Waals surface area contributed by atoms with Crippen LogP contribution in [0.25, 0.3) is 0 Å². The SMILES string of the molecule is CCOC(CC)c1noc(CCC2CCCCN2)n1. The van der Waals surface area contributed by atoms with Gasteiger partial charge in [0.25, 0.3) is 0 Å². The van der Waals surface area contributed by atoms with E-state index in [1.807, 2.05) is 6.92 Å². The van der Waals surface area contributed by atoms with Crippen LogP contribution >= 0.6 is 0 Å². The molecule has 1 aliphatic rings. The number of aryl methyl sites for hydroxylation is 1. The molecule has 1 fully saturated rings. The Labute approximate surface area is 115 Å². The van der Waals surface area contributed by atoms with E-state index < -0.39 is 0 Å². The summed E-state index contributed by atoms with van der Waals surface area (Å²) < 4.78 is 10.9. The summed E-state index contributed by atoms with van der Waals surface area (Å²) in [6.07, 6.45) is 6.66. The predicted octanol–water partition coefficient (Wildman–Crippen LogP) is 2.63. The Kier molecular flexibility index (Phi) is 5.79. The number of hydrogen-bond donors (Lipinski definition) is 1. The van der Waals surface area contributed by atoms with Crippen molar-refractivity contribution in [2.24, 2.45) is 0 Å². The molecule has 0 aromatic carbocycles. The van der Waals surface area contributed by atoms with Gasteiger partial charge in [0.2, 0.25) is 11.7 Å². The maximum atomic E-state index is 5.59. The van der Waals surface area contributed by atoms with Crippen molar-refractivity contribution in [1.82, 2.24) is 15.5 Å². The second-order valence-corrected chi connectivity index (χ2v) is 5.08. The maximum Gasteiger partial charge on any atom is 0.226 e. The van der Waals surface area contributed by atoms with E-state index in [4.69, 9.17) is 9.26 Å². The lowest BCUT2D eigenvalue weighted by molar-refractivity contribution is 0.0518. The topological polar surface area (TPSA) is 60.2 Å². The van der Waals surface area contributed by atoms with Crippen molar-refractivity contribution in [3.63, 3.8) is 0 Å². The molecule has 0 spiro atoms. The first-order chi connectivity index (χ1) is 9.33. The molecule has 0 radical (unpaired) electrons. The Hall–Kier alpha value is -0.940. The summed E-state index contributed by atoms with van der Waals surface area (Å²) in [6, 6.07) is 0.609. The van der Waals surface area contributed by atoms with E-state index in [2.05, 4.69) is 22.4 Å². The number of nitrogens with one attached hydrogen (secondary N) is 1. The molecule has 2 atom stereocenters. The fourth-order valence-electron chi connectivity index (χ4n) is 2.54. The van der Waals surface area contributed by atoms with Gasteiger partial charge in [-0.3, -0.25) is 0 Å². The monoisotopic (exact) mass is 267 g/mol. The number of rotatable bonds is 7. The fourth-order valence-corrected chi connectivity index (χ4v) is 2.54. The van der Waals surface area contributed by atoms with Crippen LogP contribution in [0.15, 0.2) is 4.52 Å². The summed E-state index contributed by atoms with van der Waals surface area (Å²) in [7, 11) is 0. The smallest absolute Gasteiger partial charge is 0.226 e. The molecule has 0 aliphatic carbocycles. The summed E-state index contributed by atoms with van der Waals surface area (Å²) in [5.41, 5.74) is 0. The summed E-state index contributed by atoms with van der Waals surface area (Å²) in [6.45, 7) is 5.87. The molecule has 108 valence electrons. The van der Waals surface area contributed by atoms with E-state index in [0.29, 0.717) is 18.5 Å². The molecule has 0 bridgehead atoms. The molecule has 19 heavy (non-hydrogen) atoms. The Balaban J connectivity index is 1.82. The molecule has 5 nitrogen and oxygen atoms in total. The molecule has 5 heteroatoms. The Morgan fingerprint density at radius 1 is 1.42 bits per heavy atom. The zero-order chi connectivity index (χ0) is 13.5. The lowest BCUT2D eigenvalue weighted by Crippen LogP contribution is -2.34. The van der Waals surface area contributed by atoms with Gasteiger partial charge in [0.15, 0.2) is 0 Å². The van der Waals surface area contributed by atoms with Crippen molar-refractivity contribution in [1.29, 1.82) is 0 Å². The number of aromatic nitrogens is 2. The lowest BCUT2D eigenvalue weighted by atomic mass is 10.0. The van der Waals surface area contributed by atoms with Gasteiger partial charge in [0.1, 0.15) is 6.10 Å². The van der Waals surface area contributed by atoms with Gasteiger partial charge in [-0.25, -0.2) is 0 Å². The van der Waals surface area contributed by atoms with E-state index in [1.54, 1.807) is 0 Å². The van der Waals surface area contributed by atoms with Crippen molar-refractivity contribution in [2.75, 3.05) is 13.2 Å². The van der Waals surface area contributed by atoms with Crippen molar-refractivity contribution in [3.8, 4) is 0 Å². The van der Waals surface area contributed by atoms with Crippen LogP contribution in [0.3, 0.4) is 0 Å². The molecule has 1 aliphatic heterocycles. The van der Waals surface area contributed by atoms with Crippen LogP contribution in [0.4, 0.5) is 0 Å². The number of hydrogen-bond acceptors (Lipinski definition) is 5. The van der Waals surface area contributed by atoms with Crippen LogP contribution in [0.1, 0.15) is 63.8 Å². The highest BCUT2D eigenvalue weighted by molar-refractivity contribution is 4.92. The predicted molar refractivity (Wildman–Crippen MR) is 72.9 cm³/mol. The molecular weight excluding hydrogens is 242 g/mol. The molecule has 1 N–H and O–H groups in total. The molecule has 0 amide bonds. The average molecular weight is 267 g/mol. The highest BCUT2D eigenvalue weighted by Crippen LogP contribution is 2.19. The van der Waals surface area contributed by atoms with Gasteiger partial charge in [0.05, 0.1) is 0 Å². The van der Waals surface area contributed by atoms with Gasteiger partial charge < -0.3 is 14.6 Å². The molecule has 1 aromatic heterocycles. The first-order valence-corrected chi connectivity index (χ1v) is 7.51. The van der Waals surface area contributed by atoms with E-state index in [0.717, 1.165) is 31.7 Å². The van der Waals surface area contributed by atoms with Gasteiger partial charge >= 0.3 is 0 Å². The third-order valence-corrected chi connectivity index (χ3v) is 3.63. The van der Waals surface area contributed by atoms with Crippen molar-refractivity contribution in [3.05, 3.63) is 11.7 Å². The van der Waals surface area contributed by atoms with Gasteiger partial charge in [-0.1, -0.05) is 18.5 Å². The van der Waals surface area contributed by atoms with Crippen LogP contribution in [-0.2, 0) is 11.2 Å². The van der Waals surface area contributed by atoms with Gasteiger partial charge in [-0.2, -0.15) is 4.98 Å². The van der Waals surface area contributed by atoms with E-state index in [9.17, 15) is 0 Å². The van der Waals surface area contributed by atoms with Crippen LogP contribution in [0, 0.1) is 0 Å². The van der Waals surface area contributed by atoms with Gasteiger partial charge in [-0.05, 0) is 39.2 Å². The molecule has 2 unspecified atom stereocenters. The number of ether oxygens (including phenoxy) is 1. The van der Waals surface area contributed by atoms with E-state index in [-0.39, 0.29) is 6.10 Å². The normalized spacial score (nSPS) is 21.5. The lowest BCUT2D eigenvalue weighted by Gasteiger charge is -2.22. The summed E-state index contributed by atoms with van der Waals surface area (Å²) >= 11 is 0. The second kappa shape index (κ2) is 7.60. The number of nitrogens with zero attached hydrogens (tertiary/aromatic N) is 2. The summed E-state index contributed by atoms with van der Waals surface area (Å²) in [4.78, 5) is 4.45. The highest BCUT2D eigenvalue weighted by Gasteiger charge is 2.18. The van der Waals surface area contributed by atoms with Gasteiger partial charge in [0, 0.05) is 19.1 Å². The minimum atomic E-state index is -0.0321.